The van der Waals surface area contributed by atoms with E-state index in [1.807, 2.05) is 0 Å². The van der Waals surface area contributed by atoms with Crippen LogP contribution in [0.4, 0.5) is 0 Å². The Balaban J connectivity index is 0.00000261. The van der Waals surface area contributed by atoms with Crippen LogP contribution in [0.1, 0.15) is 31.2 Å². The summed E-state index contributed by atoms with van der Waals surface area (Å²) in [7, 11) is -1.14. The lowest BCUT2D eigenvalue weighted by Gasteiger charge is -2.36. The monoisotopic (exact) mass is 506 g/mol. The normalized spacial score (nSPS) is 25.6. The Hall–Kier alpha value is -0.870. The number of halogens is 1. The van der Waals surface area contributed by atoms with Crippen molar-refractivity contribution in [2.75, 3.05) is 31.6 Å². The summed E-state index contributed by atoms with van der Waals surface area (Å²) < 4.78 is 23.3. The van der Waals surface area contributed by atoms with Crippen LogP contribution in [0.25, 0.3) is 0 Å². The molecular formula is C19H31IN4O2S. The van der Waals surface area contributed by atoms with Crippen LogP contribution in [-0.4, -0.2) is 63.0 Å². The number of nitrogens with zero attached hydrogens (tertiary/aromatic N) is 2. The van der Waals surface area contributed by atoms with Crippen molar-refractivity contribution >= 4 is 39.8 Å². The van der Waals surface area contributed by atoms with Crippen LogP contribution in [0, 0.1) is 0 Å². The zero-order valence-electron chi connectivity index (χ0n) is 15.9. The van der Waals surface area contributed by atoms with E-state index in [4.69, 9.17) is 0 Å². The van der Waals surface area contributed by atoms with E-state index in [0.29, 0.717) is 18.4 Å². The number of piperidine rings is 1. The Bertz CT molecular complexity index is 712. The third-order valence-electron chi connectivity index (χ3n) is 5.28. The minimum absolute atomic E-state index is 0. The molecule has 0 aliphatic carbocycles. The molecule has 0 bridgehead atoms. The van der Waals surface area contributed by atoms with Gasteiger partial charge in [-0.1, -0.05) is 36.8 Å². The Morgan fingerprint density at radius 1 is 1.22 bits per heavy atom. The lowest BCUT2D eigenvalue weighted by molar-refractivity contribution is 0.141. The van der Waals surface area contributed by atoms with E-state index in [2.05, 4.69) is 50.9 Å². The van der Waals surface area contributed by atoms with Gasteiger partial charge in [-0.3, -0.25) is 9.89 Å². The van der Waals surface area contributed by atoms with Crippen molar-refractivity contribution < 1.29 is 8.42 Å². The molecular weight excluding hydrogens is 475 g/mol. The summed E-state index contributed by atoms with van der Waals surface area (Å²) in [6, 6.07) is 11.0. The number of hydrogen-bond donors (Lipinski definition) is 2. The number of hydrogen-bond acceptors (Lipinski definition) is 4. The molecule has 0 amide bonds. The molecule has 2 unspecified atom stereocenters. The SMILES string of the molecule is CN=C(NCC1CCCCN1Cc1ccccc1)NC1CCS(=O)(=O)C1.I. The van der Waals surface area contributed by atoms with Gasteiger partial charge >= 0.3 is 0 Å². The fourth-order valence-corrected chi connectivity index (χ4v) is 5.50. The van der Waals surface area contributed by atoms with Crippen LogP contribution in [0.5, 0.6) is 0 Å². The standard InChI is InChI=1S/C19H30N4O2S.HI/c1-20-19(22-17-10-12-26(24,25)15-17)21-13-18-9-5-6-11-23(18)14-16-7-3-2-4-8-16;/h2-4,7-8,17-18H,5-6,9-15H2,1H3,(H2,20,21,22);1H. The van der Waals surface area contributed by atoms with Crippen LogP contribution >= 0.6 is 24.0 Å². The molecule has 0 saturated carbocycles. The van der Waals surface area contributed by atoms with Crippen LogP contribution < -0.4 is 10.6 Å². The first kappa shape index (κ1) is 22.4. The highest BCUT2D eigenvalue weighted by Gasteiger charge is 2.29. The highest BCUT2D eigenvalue weighted by Crippen LogP contribution is 2.19. The third kappa shape index (κ3) is 6.90. The minimum Gasteiger partial charge on any atom is -0.355 e. The number of nitrogens with one attached hydrogen (secondary N) is 2. The summed E-state index contributed by atoms with van der Waals surface area (Å²) in [6.45, 7) is 2.92. The number of guanidine groups is 1. The molecule has 2 aliphatic rings. The van der Waals surface area contributed by atoms with E-state index in [1.54, 1.807) is 7.05 Å². The first-order valence-corrected chi connectivity index (χ1v) is 11.3. The van der Waals surface area contributed by atoms with Gasteiger partial charge in [0.2, 0.25) is 0 Å². The predicted octanol–water partition coefficient (Wildman–Crippen LogP) is 2.01. The molecule has 1 aromatic rings. The molecule has 0 aromatic heterocycles. The molecule has 152 valence electrons. The molecule has 2 heterocycles. The summed E-state index contributed by atoms with van der Waals surface area (Å²) in [5, 5.41) is 6.68. The van der Waals surface area contributed by atoms with Crippen LogP contribution in [-0.2, 0) is 16.4 Å². The van der Waals surface area contributed by atoms with Crippen LogP contribution in [0.2, 0.25) is 0 Å². The quantitative estimate of drug-likeness (QED) is 0.363. The first-order valence-electron chi connectivity index (χ1n) is 9.51. The van der Waals surface area contributed by atoms with Gasteiger partial charge in [0.25, 0.3) is 0 Å². The first-order chi connectivity index (χ1) is 12.6. The fourth-order valence-electron chi connectivity index (χ4n) is 3.83. The number of rotatable bonds is 5. The van der Waals surface area contributed by atoms with Gasteiger partial charge in [0, 0.05) is 32.2 Å². The highest BCUT2D eigenvalue weighted by atomic mass is 127. The van der Waals surface area contributed by atoms with Crippen molar-refractivity contribution in [2.24, 2.45) is 4.99 Å². The van der Waals surface area contributed by atoms with Gasteiger partial charge in [0.1, 0.15) is 0 Å². The molecule has 2 saturated heterocycles. The van der Waals surface area contributed by atoms with Crippen molar-refractivity contribution in [2.45, 2.75) is 44.3 Å². The minimum atomic E-state index is -2.88. The smallest absolute Gasteiger partial charge is 0.191 e. The van der Waals surface area contributed by atoms with E-state index in [0.717, 1.165) is 19.6 Å². The third-order valence-corrected chi connectivity index (χ3v) is 7.05. The van der Waals surface area contributed by atoms with Gasteiger partial charge in [0.15, 0.2) is 15.8 Å². The molecule has 2 atom stereocenters. The van der Waals surface area contributed by atoms with Crippen LogP contribution in [0.3, 0.4) is 0 Å². The summed E-state index contributed by atoms with van der Waals surface area (Å²) in [5.41, 5.74) is 1.35. The lowest BCUT2D eigenvalue weighted by atomic mass is 10.0. The van der Waals surface area contributed by atoms with E-state index in [9.17, 15) is 8.42 Å². The molecule has 0 spiro atoms. The summed E-state index contributed by atoms with van der Waals surface area (Å²) in [5.74, 6) is 1.18. The summed E-state index contributed by atoms with van der Waals surface area (Å²) in [6.07, 6.45) is 4.34. The molecule has 27 heavy (non-hydrogen) atoms. The Labute approximate surface area is 180 Å². The Kier molecular flexibility index (Phi) is 8.81. The largest absolute Gasteiger partial charge is 0.355 e. The number of benzene rings is 1. The Morgan fingerprint density at radius 2 is 2.00 bits per heavy atom. The molecule has 2 aliphatic heterocycles. The van der Waals surface area contributed by atoms with Crippen molar-refractivity contribution in [1.29, 1.82) is 0 Å². The van der Waals surface area contributed by atoms with Gasteiger partial charge < -0.3 is 10.6 Å². The maximum absolute atomic E-state index is 11.6. The molecule has 3 rings (SSSR count). The Morgan fingerprint density at radius 3 is 2.67 bits per heavy atom. The van der Waals surface area contributed by atoms with Gasteiger partial charge in [-0.15, -0.1) is 24.0 Å². The lowest BCUT2D eigenvalue weighted by Crippen LogP contribution is -2.50. The molecule has 2 N–H and O–H groups in total. The van der Waals surface area contributed by atoms with E-state index < -0.39 is 9.84 Å². The molecule has 0 radical (unpaired) electrons. The van der Waals surface area contributed by atoms with Gasteiger partial charge in [-0.25, -0.2) is 8.42 Å². The fraction of sp³-hybridized carbons (Fsp3) is 0.632. The second-order valence-electron chi connectivity index (χ2n) is 7.30. The zero-order chi connectivity index (χ0) is 18.4. The van der Waals surface area contributed by atoms with Gasteiger partial charge in [0.05, 0.1) is 11.5 Å². The molecule has 8 heteroatoms. The van der Waals surface area contributed by atoms with E-state index >= 15 is 0 Å². The van der Waals surface area contributed by atoms with E-state index in [-0.39, 0.29) is 41.5 Å². The number of sulfone groups is 1. The van der Waals surface area contributed by atoms with Gasteiger partial charge in [-0.2, -0.15) is 0 Å². The second kappa shape index (κ2) is 10.6. The second-order valence-corrected chi connectivity index (χ2v) is 9.53. The maximum atomic E-state index is 11.6. The predicted molar refractivity (Wildman–Crippen MR) is 121 cm³/mol. The highest BCUT2D eigenvalue weighted by molar-refractivity contribution is 14.0. The zero-order valence-corrected chi connectivity index (χ0v) is 19.1. The average molecular weight is 506 g/mol. The van der Waals surface area contributed by atoms with Gasteiger partial charge in [-0.05, 0) is 31.4 Å². The summed E-state index contributed by atoms with van der Waals surface area (Å²) in [4.78, 5) is 6.81. The van der Waals surface area contributed by atoms with E-state index in [1.165, 1.54) is 24.8 Å². The topological polar surface area (TPSA) is 73.8 Å². The maximum Gasteiger partial charge on any atom is 0.191 e. The molecule has 6 nitrogen and oxygen atoms in total. The van der Waals surface area contributed by atoms with Crippen molar-refractivity contribution in [1.82, 2.24) is 15.5 Å². The van der Waals surface area contributed by atoms with Crippen molar-refractivity contribution in [3.63, 3.8) is 0 Å². The summed E-state index contributed by atoms with van der Waals surface area (Å²) >= 11 is 0. The average Bonchev–Trinajstić information content (AvgIpc) is 2.99. The van der Waals surface area contributed by atoms with Crippen LogP contribution in [0.15, 0.2) is 35.3 Å². The molecule has 1 aromatic carbocycles. The van der Waals surface area contributed by atoms with Crippen molar-refractivity contribution in [3.05, 3.63) is 35.9 Å². The molecule has 2 fully saturated rings. The number of aliphatic imine (C=N–C) groups is 1. The number of likely N-dealkylation sites (tertiary alicyclic amines) is 1. The van der Waals surface area contributed by atoms with Crippen molar-refractivity contribution in [3.8, 4) is 0 Å².